The smallest absolute Gasteiger partial charge is 0.313 e. The zero-order chi connectivity index (χ0) is 7.98. The topological polar surface area (TPSA) is 43.4 Å². The van der Waals surface area contributed by atoms with Gasteiger partial charge in [-0.05, 0) is 6.42 Å². The Labute approximate surface area is 60.4 Å². The first kappa shape index (κ1) is 9.14. The van der Waals surface area contributed by atoms with E-state index in [9.17, 15) is 9.59 Å². The van der Waals surface area contributed by atoms with Crippen LogP contribution in [-0.4, -0.2) is 11.9 Å². The second kappa shape index (κ2) is 4.97. The number of rotatable bonds is 0. The van der Waals surface area contributed by atoms with Gasteiger partial charge in [0.25, 0.3) is 0 Å². The molecule has 0 aromatic carbocycles. The summed E-state index contributed by atoms with van der Waals surface area (Å²) in [7, 11) is 0. The van der Waals surface area contributed by atoms with Crippen LogP contribution in [0.25, 0.3) is 0 Å². The molecule has 0 aromatic rings. The molecule has 0 spiro atoms. The molecule has 0 bridgehead atoms. The maximum absolute atomic E-state index is 10.2. The summed E-state index contributed by atoms with van der Waals surface area (Å²) in [4.78, 5) is 20.5. The van der Waals surface area contributed by atoms with Crippen LogP contribution in [0.2, 0.25) is 0 Å². The summed E-state index contributed by atoms with van der Waals surface area (Å²) in [6.45, 7) is 4.00. The number of ether oxygens (including phenoxy) is 1. The maximum atomic E-state index is 10.2. The predicted octanol–water partition coefficient (Wildman–Crippen LogP) is 1.27. The van der Waals surface area contributed by atoms with Gasteiger partial charge in [0.1, 0.15) is 0 Å². The number of carbonyl (C=O) groups is 2. The Morgan fingerprint density at radius 1 is 1.10 bits per heavy atom. The average Bonchev–Trinajstić information content (AvgIpc) is 1.91. The summed E-state index contributed by atoms with van der Waals surface area (Å²) in [5.74, 6) is -0.775. The van der Waals surface area contributed by atoms with E-state index in [0.717, 1.165) is 0 Å². The third-order valence-electron chi connectivity index (χ3n) is 0.989. The molecule has 58 valence electrons. The van der Waals surface area contributed by atoms with Crippen molar-refractivity contribution in [1.82, 2.24) is 0 Å². The van der Waals surface area contributed by atoms with Crippen molar-refractivity contribution in [3.8, 4) is 0 Å². The van der Waals surface area contributed by atoms with Gasteiger partial charge < -0.3 is 4.74 Å². The van der Waals surface area contributed by atoms with Gasteiger partial charge >= 0.3 is 11.9 Å². The largest absolute Gasteiger partial charge is 0.393 e. The zero-order valence-corrected chi connectivity index (χ0v) is 6.35. The van der Waals surface area contributed by atoms with Crippen LogP contribution >= 0.6 is 0 Å². The maximum Gasteiger partial charge on any atom is 0.313 e. The number of hydrogen-bond donors (Lipinski definition) is 0. The molecule has 0 saturated carbocycles. The first-order chi connectivity index (χ1) is 4.79. The second-order valence-electron chi connectivity index (χ2n) is 1.70. The molecule has 0 N–H and O–H groups in total. The lowest BCUT2D eigenvalue weighted by molar-refractivity contribution is -0.163. The van der Waals surface area contributed by atoms with E-state index in [1.54, 1.807) is 0 Å². The molecular weight excluding hydrogens is 132 g/mol. The van der Waals surface area contributed by atoms with Crippen molar-refractivity contribution in [3.05, 3.63) is 0 Å². The third-order valence-corrected chi connectivity index (χ3v) is 0.989. The summed E-state index contributed by atoms with van der Waals surface area (Å²) in [5.41, 5.74) is 0. The van der Waals surface area contributed by atoms with Gasteiger partial charge in [-0.1, -0.05) is 13.8 Å². The molecule has 1 aliphatic heterocycles. The highest BCUT2D eigenvalue weighted by Crippen LogP contribution is 2.06. The van der Waals surface area contributed by atoms with Gasteiger partial charge in [-0.15, -0.1) is 0 Å². The lowest BCUT2D eigenvalue weighted by Crippen LogP contribution is -2.17. The van der Waals surface area contributed by atoms with Crippen LogP contribution in [0.1, 0.15) is 33.1 Å². The molecule has 1 fully saturated rings. The monoisotopic (exact) mass is 144 g/mol. The highest BCUT2D eigenvalue weighted by Gasteiger charge is 2.15. The van der Waals surface area contributed by atoms with E-state index in [1.165, 1.54) is 0 Å². The average molecular weight is 144 g/mol. The molecule has 1 rings (SSSR count). The van der Waals surface area contributed by atoms with Crippen molar-refractivity contribution in [2.24, 2.45) is 0 Å². The first-order valence-corrected chi connectivity index (χ1v) is 3.52. The second-order valence-corrected chi connectivity index (χ2v) is 1.70. The molecule has 0 amide bonds. The van der Waals surface area contributed by atoms with Crippen LogP contribution in [0, 0.1) is 0 Å². The predicted molar refractivity (Wildman–Crippen MR) is 36.3 cm³/mol. The van der Waals surface area contributed by atoms with Crippen LogP contribution in [0.5, 0.6) is 0 Å². The molecular formula is C7H12O3. The number of cyclic esters (lactones) is 2. The SMILES string of the molecule is CC.O=C1CCCC(=O)O1. The Morgan fingerprint density at radius 3 is 1.70 bits per heavy atom. The molecule has 1 saturated heterocycles. The van der Waals surface area contributed by atoms with Crippen molar-refractivity contribution < 1.29 is 14.3 Å². The van der Waals surface area contributed by atoms with Gasteiger partial charge in [-0.2, -0.15) is 0 Å². The quantitative estimate of drug-likeness (QED) is 0.380. The summed E-state index contributed by atoms with van der Waals surface area (Å²) in [6.07, 6.45) is 1.44. The van der Waals surface area contributed by atoms with Crippen molar-refractivity contribution >= 4 is 11.9 Å². The normalized spacial score (nSPS) is 17.0. The molecule has 1 aliphatic rings. The standard InChI is InChI=1S/C5H6O3.C2H6/c6-4-2-1-3-5(7)8-4;1-2/h1-3H2;1-2H3. The van der Waals surface area contributed by atoms with Crippen LogP contribution in [0.4, 0.5) is 0 Å². The molecule has 3 heteroatoms. The fourth-order valence-corrected chi connectivity index (χ4v) is 0.606. The first-order valence-electron chi connectivity index (χ1n) is 3.52. The Balaban J connectivity index is 0.000000371. The zero-order valence-electron chi connectivity index (χ0n) is 6.35. The Morgan fingerprint density at radius 2 is 1.50 bits per heavy atom. The van der Waals surface area contributed by atoms with E-state index in [0.29, 0.717) is 19.3 Å². The highest BCUT2D eigenvalue weighted by molar-refractivity contribution is 5.87. The molecule has 10 heavy (non-hydrogen) atoms. The van der Waals surface area contributed by atoms with Gasteiger partial charge in [-0.25, -0.2) is 0 Å². The van der Waals surface area contributed by atoms with Crippen LogP contribution < -0.4 is 0 Å². The minimum Gasteiger partial charge on any atom is -0.393 e. The summed E-state index contributed by atoms with van der Waals surface area (Å²) < 4.78 is 4.21. The van der Waals surface area contributed by atoms with Crippen molar-refractivity contribution in [2.45, 2.75) is 33.1 Å². The summed E-state index contributed by atoms with van der Waals surface area (Å²) in [6, 6.07) is 0. The highest BCUT2D eigenvalue weighted by atomic mass is 16.6. The Hall–Kier alpha value is -0.860. The fraction of sp³-hybridized carbons (Fsp3) is 0.714. The van der Waals surface area contributed by atoms with Crippen molar-refractivity contribution in [2.75, 3.05) is 0 Å². The Bertz CT molecular complexity index is 115. The van der Waals surface area contributed by atoms with E-state index >= 15 is 0 Å². The van der Waals surface area contributed by atoms with E-state index < -0.39 is 0 Å². The van der Waals surface area contributed by atoms with Crippen molar-refractivity contribution in [1.29, 1.82) is 0 Å². The van der Waals surface area contributed by atoms with Crippen molar-refractivity contribution in [3.63, 3.8) is 0 Å². The van der Waals surface area contributed by atoms with E-state index in [-0.39, 0.29) is 11.9 Å². The minimum atomic E-state index is -0.388. The lowest BCUT2D eigenvalue weighted by atomic mass is 10.2. The van der Waals surface area contributed by atoms with Crippen LogP contribution in [0.15, 0.2) is 0 Å². The summed E-state index contributed by atoms with van der Waals surface area (Å²) >= 11 is 0. The molecule has 1 heterocycles. The molecule has 0 aromatic heterocycles. The van der Waals surface area contributed by atoms with Gasteiger partial charge in [0.05, 0.1) is 0 Å². The molecule has 0 unspecified atom stereocenters. The van der Waals surface area contributed by atoms with Crippen LogP contribution in [-0.2, 0) is 14.3 Å². The minimum absolute atomic E-state index is 0.388. The van der Waals surface area contributed by atoms with E-state index in [4.69, 9.17) is 0 Å². The van der Waals surface area contributed by atoms with Gasteiger partial charge in [0.2, 0.25) is 0 Å². The lowest BCUT2D eigenvalue weighted by Gasteiger charge is -2.06. The number of hydrogen-bond acceptors (Lipinski definition) is 3. The summed E-state index contributed by atoms with van der Waals surface area (Å²) in [5, 5.41) is 0. The van der Waals surface area contributed by atoms with Gasteiger partial charge in [0.15, 0.2) is 0 Å². The molecule has 0 aliphatic carbocycles. The molecule has 0 radical (unpaired) electrons. The fourth-order valence-electron chi connectivity index (χ4n) is 0.606. The van der Waals surface area contributed by atoms with E-state index in [1.807, 2.05) is 13.8 Å². The van der Waals surface area contributed by atoms with Gasteiger partial charge in [0, 0.05) is 12.8 Å². The van der Waals surface area contributed by atoms with E-state index in [2.05, 4.69) is 4.74 Å². The number of esters is 2. The molecule has 0 atom stereocenters. The number of carbonyl (C=O) groups excluding carboxylic acids is 2. The van der Waals surface area contributed by atoms with Gasteiger partial charge in [-0.3, -0.25) is 9.59 Å². The molecule has 3 nitrogen and oxygen atoms in total. The van der Waals surface area contributed by atoms with Crippen LogP contribution in [0.3, 0.4) is 0 Å². The third kappa shape index (κ3) is 3.22. The Kier molecular flexibility index (Phi) is 4.54.